The van der Waals surface area contributed by atoms with E-state index in [2.05, 4.69) is 10.6 Å². The number of hydrogen-bond donors (Lipinski definition) is 2. The molecule has 0 radical (unpaired) electrons. The van der Waals surface area contributed by atoms with Crippen LogP contribution in [0.4, 0.5) is 0 Å². The largest absolute Gasteiger partial charge is 0.483 e. The second-order valence-electron chi connectivity index (χ2n) is 5.21. The summed E-state index contributed by atoms with van der Waals surface area (Å²) >= 11 is 6.16. The zero-order valence-corrected chi connectivity index (χ0v) is 13.5. The number of benzene rings is 2. The predicted molar refractivity (Wildman–Crippen MR) is 91.1 cm³/mol. The van der Waals surface area contributed by atoms with E-state index in [1.54, 1.807) is 12.1 Å². The fraction of sp³-hybridized carbons (Fsp3) is 0.312. The maximum Gasteiger partial charge on any atom is 0.257 e. The second-order valence-corrected chi connectivity index (χ2v) is 5.62. The van der Waals surface area contributed by atoms with Crippen LogP contribution in [-0.4, -0.2) is 32.1 Å². The summed E-state index contributed by atoms with van der Waals surface area (Å²) in [5.74, 6) is 1.13. The quantitative estimate of drug-likeness (QED) is 0.879. The molecule has 1 fully saturated rings. The molecule has 1 amide bonds. The Morgan fingerprint density at radius 1 is 1.23 bits per heavy atom. The number of nitrogens with one attached hydrogen (secondary N) is 2. The molecule has 0 bridgehead atoms. The number of hydrogen-bond acceptors (Lipinski definition) is 3. The Morgan fingerprint density at radius 3 is 2.64 bits per heavy atom. The van der Waals surface area contributed by atoms with Gasteiger partial charge in [0.25, 0.3) is 5.91 Å². The molecule has 3 rings (SSSR count). The number of ether oxygens (including phenoxy) is 1. The lowest BCUT2D eigenvalue weighted by atomic mass is 10.0. The van der Waals surface area contributed by atoms with E-state index in [1.807, 2.05) is 24.3 Å². The Balaban J connectivity index is 0.00000176. The van der Waals surface area contributed by atoms with E-state index >= 15 is 0 Å². The minimum Gasteiger partial charge on any atom is -0.483 e. The highest BCUT2D eigenvalue weighted by molar-refractivity contribution is 6.35. The minimum absolute atomic E-state index is 0. The van der Waals surface area contributed by atoms with E-state index in [0.29, 0.717) is 23.2 Å². The molecule has 118 valence electrons. The molecule has 0 unspecified atom stereocenters. The van der Waals surface area contributed by atoms with Crippen molar-refractivity contribution in [3.05, 3.63) is 41.4 Å². The van der Waals surface area contributed by atoms with Crippen molar-refractivity contribution in [3.63, 3.8) is 0 Å². The number of carbonyl (C=O) groups excluding carboxylic acids is 1. The van der Waals surface area contributed by atoms with Crippen LogP contribution in [0.1, 0.15) is 0 Å². The SMILES string of the molecule is Cl.O=C(COc1ccc(Cl)c2ccccc12)NCC1CNC1. The van der Waals surface area contributed by atoms with E-state index < -0.39 is 0 Å². The van der Waals surface area contributed by atoms with Crippen LogP contribution in [0.2, 0.25) is 5.02 Å². The first-order valence-corrected chi connectivity index (χ1v) is 7.39. The Kier molecular flexibility index (Phi) is 5.89. The summed E-state index contributed by atoms with van der Waals surface area (Å²) in [7, 11) is 0. The summed E-state index contributed by atoms with van der Waals surface area (Å²) in [5, 5.41) is 8.58. The van der Waals surface area contributed by atoms with Crippen LogP contribution in [0.25, 0.3) is 10.8 Å². The Hall–Kier alpha value is -1.49. The van der Waals surface area contributed by atoms with Gasteiger partial charge in [0.05, 0.1) is 0 Å². The van der Waals surface area contributed by atoms with Crippen LogP contribution in [-0.2, 0) is 4.79 Å². The van der Waals surface area contributed by atoms with Gasteiger partial charge in [-0.3, -0.25) is 4.79 Å². The molecular formula is C16H18Cl2N2O2. The summed E-state index contributed by atoms with van der Waals surface area (Å²) < 4.78 is 5.63. The third-order valence-corrected chi connectivity index (χ3v) is 3.97. The average Bonchev–Trinajstić information content (AvgIpc) is 2.45. The first-order valence-electron chi connectivity index (χ1n) is 7.01. The Bertz CT molecular complexity index is 660. The molecule has 0 spiro atoms. The van der Waals surface area contributed by atoms with Crippen molar-refractivity contribution < 1.29 is 9.53 Å². The summed E-state index contributed by atoms with van der Waals surface area (Å²) in [4.78, 5) is 11.8. The highest BCUT2D eigenvalue weighted by Crippen LogP contribution is 2.31. The van der Waals surface area contributed by atoms with E-state index in [-0.39, 0.29) is 24.9 Å². The standard InChI is InChI=1S/C16H17ClN2O2.ClH/c17-14-5-6-15(13-4-2-1-3-12(13)14)21-10-16(20)19-9-11-7-18-8-11;/h1-6,11,18H,7-10H2,(H,19,20);1H. The molecule has 1 aliphatic rings. The molecule has 2 aromatic carbocycles. The molecule has 0 aromatic heterocycles. The molecule has 1 heterocycles. The lowest BCUT2D eigenvalue weighted by molar-refractivity contribution is -0.123. The maximum atomic E-state index is 11.8. The third-order valence-electron chi connectivity index (χ3n) is 3.64. The molecule has 0 atom stereocenters. The van der Waals surface area contributed by atoms with Gasteiger partial charge in [-0.15, -0.1) is 12.4 Å². The summed E-state index contributed by atoms with van der Waals surface area (Å²) in [6, 6.07) is 11.3. The van der Waals surface area contributed by atoms with Crippen LogP contribution in [0.3, 0.4) is 0 Å². The van der Waals surface area contributed by atoms with Crippen LogP contribution >= 0.6 is 24.0 Å². The number of amides is 1. The highest BCUT2D eigenvalue weighted by atomic mass is 35.5. The lowest BCUT2D eigenvalue weighted by Gasteiger charge is -2.27. The van der Waals surface area contributed by atoms with Gasteiger partial charge in [-0.2, -0.15) is 0 Å². The average molecular weight is 341 g/mol. The Morgan fingerprint density at radius 2 is 1.95 bits per heavy atom. The number of rotatable bonds is 5. The van der Waals surface area contributed by atoms with Gasteiger partial charge >= 0.3 is 0 Å². The van der Waals surface area contributed by atoms with Gasteiger partial charge in [-0.05, 0) is 12.1 Å². The summed E-state index contributed by atoms with van der Waals surface area (Å²) in [6.45, 7) is 2.67. The molecule has 2 N–H and O–H groups in total. The van der Waals surface area contributed by atoms with Gasteiger partial charge in [0, 0.05) is 41.3 Å². The van der Waals surface area contributed by atoms with Crippen molar-refractivity contribution in [3.8, 4) is 5.75 Å². The van der Waals surface area contributed by atoms with Gasteiger partial charge in [-0.25, -0.2) is 0 Å². The third kappa shape index (κ3) is 3.83. The van der Waals surface area contributed by atoms with Gasteiger partial charge in [0.2, 0.25) is 0 Å². The summed E-state index contributed by atoms with van der Waals surface area (Å²) in [6.07, 6.45) is 0. The molecular weight excluding hydrogens is 323 g/mol. The number of halogens is 2. The molecule has 2 aromatic rings. The smallest absolute Gasteiger partial charge is 0.257 e. The fourth-order valence-electron chi connectivity index (χ4n) is 2.31. The fourth-order valence-corrected chi connectivity index (χ4v) is 2.53. The molecule has 0 saturated carbocycles. The topological polar surface area (TPSA) is 50.4 Å². The monoisotopic (exact) mass is 340 g/mol. The highest BCUT2D eigenvalue weighted by Gasteiger charge is 2.17. The Labute approximate surface area is 140 Å². The van der Waals surface area contributed by atoms with Crippen LogP contribution < -0.4 is 15.4 Å². The van der Waals surface area contributed by atoms with Crippen molar-refractivity contribution >= 4 is 40.7 Å². The normalized spacial score (nSPS) is 14.0. The molecule has 4 nitrogen and oxygen atoms in total. The van der Waals surface area contributed by atoms with Gasteiger partial charge in [0.1, 0.15) is 5.75 Å². The van der Waals surface area contributed by atoms with Crippen LogP contribution in [0, 0.1) is 5.92 Å². The van der Waals surface area contributed by atoms with Gasteiger partial charge in [0.15, 0.2) is 6.61 Å². The van der Waals surface area contributed by atoms with Gasteiger partial charge < -0.3 is 15.4 Å². The van der Waals surface area contributed by atoms with Crippen molar-refractivity contribution in [1.29, 1.82) is 0 Å². The van der Waals surface area contributed by atoms with Gasteiger partial charge in [-0.1, -0.05) is 35.9 Å². The summed E-state index contributed by atoms with van der Waals surface area (Å²) in [5.41, 5.74) is 0. The van der Waals surface area contributed by atoms with Crippen LogP contribution in [0.15, 0.2) is 36.4 Å². The predicted octanol–water partition coefficient (Wildman–Crippen LogP) is 2.63. The molecule has 22 heavy (non-hydrogen) atoms. The van der Waals surface area contributed by atoms with E-state index in [9.17, 15) is 4.79 Å². The second kappa shape index (κ2) is 7.68. The van der Waals surface area contributed by atoms with Crippen molar-refractivity contribution in [1.82, 2.24) is 10.6 Å². The van der Waals surface area contributed by atoms with E-state index in [4.69, 9.17) is 16.3 Å². The number of carbonyl (C=O) groups is 1. The molecule has 0 aliphatic carbocycles. The van der Waals surface area contributed by atoms with Crippen LogP contribution in [0.5, 0.6) is 5.75 Å². The maximum absolute atomic E-state index is 11.8. The molecule has 1 aliphatic heterocycles. The number of fused-ring (bicyclic) bond motifs is 1. The van der Waals surface area contributed by atoms with Crippen molar-refractivity contribution in [2.45, 2.75) is 0 Å². The molecule has 1 saturated heterocycles. The van der Waals surface area contributed by atoms with Crippen molar-refractivity contribution in [2.24, 2.45) is 5.92 Å². The van der Waals surface area contributed by atoms with E-state index in [0.717, 1.165) is 23.9 Å². The lowest BCUT2D eigenvalue weighted by Crippen LogP contribution is -2.48. The first kappa shape index (κ1) is 16.9. The first-order chi connectivity index (χ1) is 10.2. The van der Waals surface area contributed by atoms with Crippen molar-refractivity contribution in [2.75, 3.05) is 26.2 Å². The van der Waals surface area contributed by atoms with E-state index in [1.165, 1.54) is 0 Å². The zero-order chi connectivity index (χ0) is 14.7. The zero-order valence-electron chi connectivity index (χ0n) is 12.0. The molecule has 6 heteroatoms. The minimum atomic E-state index is -0.0964.